The van der Waals surface area contributed by atoms with Gasteiger partial charge in [-0.3, -0.25) is 9.59 Å². The monoisotopic (exact) mass is 325 g/mol. The topological polar surface area (TPSA) is 84.9 Å². The van der Waals surface area contributed by atoms with E-state index in [-0.39, 0.29) is 12.4 Å². The number of hydrogen-bond donors (Lipinski definition) is 2. The molecule has 2 heterocycles. The van der Waals surface area contributed by atoms with E-state index in [4.69, 9.17) is 9.47 Å². The Labute approximate surface area is 138 Å². The molecule has 0 saturated heterocycles. The summed E-state index contributed by atoms with van der Waals surface area (Å²) >= 11 is 0. The lowest BCUT2D eigenvalue weighted by Gasteiger charge is -2.33. The summed E-state index contributed by atoms with van der Waals surface area (Å²) in [6.45, 7) is -0.0861. The standard InChI is InChI=1S/C18H15NO5/c1-23-10-6-7-11-15(8-10)24-9-13(16(11)20)18(22)12-4-2-3-5-14(12)19-17(18)21/h2-8,13,22H,9H2,1H3,(H,19,21)/t13-,18+/m0/s1. The molecule has 24 heavy (non-hydrogen) atoms. The minimum Gasteiger partial charge on any atom is -0.497 e. The van der Waals surface area contributed by atoms with Crippen LogP contribution in [-0.2, 0) is 10.4 Å². The number of anilines is 1. The number of nitrogens with one attached hydrogen (secondary N) is 1. The fraction of sp³-hybridized carbons (Fsp3) is 0.222. The first-order valence-electron chi connectivity index (χ1n) is 7.54. The molecule has 2 aromatic carbocycles. The van der Waals surface area contributed by atoms with Crippen molar-refractivity contribution < 1.29 is 24.2 Å². The molecule has 2 N–H and O–H groups in total. The number of carbonyl (C=O) groups excluding carboxylic acids is 2. The summed E-state index contributed by atoms with van der Waals surface area (Å²) in [7, 11) is 1.53. The summed E-state index contributed by atoms with van der Waals surface area (Å²) in [4.78, 5) is 25.3. The van der Waals surface area contributed by atoms with Crippen LogP contribution in [0.15, 0.2) is 42.5 Å². The Morgan fingerprint density at radius 2 is 2.04 bits per heavy atom. The molecule has 0 fully saturated rings. The molecule has 0 radical (unpaired) electrons. The first-order chi connectivity index (χ1) is 11.6. The lowest BCUT2D eigenvalue weighted by molar-refractivity contribution is -0.139. The van der Waals surface area contributed by atoms with Crippen molar-refractivity contribution in [3.63, 3.8) is 0 Å². The van der Waals surface area contributed by atoms with Crippen LogP contribution in [0.2, 0.25) is 0 Å². The number of rotatable bonds is 2. The summed E-state index contributed by atoms with van der Waals surface area (Å²) in [5.74, 6) is -0.980. The van der Waals surface area contributed by atoms with Gasteiger partial charge in [0, 0.05) is 17.3 Å². The number of hydrogen-bond acceptors (Lipinski definition) is 5. The Kier molecular flexibility index (Phi) is 3.11. The molecule has 0 spiro atoms. The molecule has 0 aromatic heterocycles. The summed E-state index contributed by atoms with van der Waals surface area (Å²) in [5.41, 5.74) is -0.699. The first kappa shape index (κ1) is 14.7. The molecule has 0 bridgehead atoms. The van der Waals surface area contributed by atoms with Crippen molar-refractivity contribution in [3.8, 4) is 11.5 Å². The zero-order chi connectivity index (χ0) is 16.9. The van der Waals surface area contributed by atoms with E-state index in [9.17, 15) is 14.7 Å². The molecular formula is C18H15NO5. The smallest absolute Gasteiger partial charge is 0.262 e. The molecule has 0 saturated carbocycles. The van der Waals surface area contributed by atoms with Gasteiger partial charge in [0.1, 0.15) is 18.1 Å². The van der Waals surface area contributed by atoms with Crippen LogP contribution < -0.4 is 14.8 Å². The van der Waals surface area contributed by atoms with Crippen LogP contribution in [0.5, 0.6) is 11.5 Å². The summed E-state index contributed by atoms with van der Waals surface area (Å²) in [6, 6.07) is 11.7. The highest BCUT2D eigenvalue weighted by molar-refractivity contribution is 6.11. The highest BCUT2D eigenvalue weighted by Crippen LogP contribution is 2.45. The number of amides is 1. The van der Waals surface area contributed by atoms with Crippen molar-refractivity contribution in [2.75, 3.05) is 19.0 Å². The third kappa shape index (κ3) is 1.86. The Hall–Kier alpha value is -2.86. The second-order valence-corrected chi connectivity index (χ2v) is 5.86. The summed E-state index contributed by atoms with van der Waals surface area (Å²) in [6.07, 6.45) is 0. The first-order valence-corrected chi connectivity index (χ1v) is 7.54. The maximum absolute atomic E-state index is 12.9. The van der Waals surface area contributed by atoms with E-state index in [1.165, 1.54) is 7.11 Å². The molecule has 2 aromatic rings. The molecule has 2 aliphatic heterocycles. The summed E-state index contributed by atoms with van der Waals surface area (Å²) in [5, 5.41) is 13.7. The minimum atomic E-state index is -1.94. The van der Waals surface area contributed by atoms with Crippen LogP contribution in [-0.4, -0.2) is 30.5 Å². The fourth-order valence-electron chi connectivity index (χ4n) is 3.31. The zero-order valence-corrected chi connectivity index (χ0v) is 12.9. The Balaban J connectivity index is 1.78. The van der Waals surface area contributed by atoms with E-state index in [0.717, 1.165) is 0 Å². The van der Waals surface area contributed by atoms with Crippen LogP contribution in [0.1, 0.15) is 15.9 Å². The third-order valence-electron chi connectivity index (χ3n) is 4.61. The molecule has 0 aliphatic carbocycles. The number of ketones is 1. The van der Waals surface area contributed by atoms with Gasteiger partial charge in [-0.15, -0.1) is 0 Å². The van der Waals surface area contributed by atoms with Crippen LogP contribution in [0.25, 0.3) is 0 Å². The second kappa shape index (κ2) is 5.07. The minimum absolute atomic E-state index is 0.0861. The van der Waals surface area contributed by atoms with Gasteiger partial charge in [-0.05, 0) is 18.2 Å². The molecule has 2 atom stereocenters. The number of para-hydroxylation sites is 1. The van der Waals surface area contributed by atoms with E-state index >= 15 is 0 Å². The zero-order valence-electron chi connectivity index (χ0n) is 12.9. The van der Waals surface area contributed by atoms with Crippen molar-refractivity contribution in [2.24, 2.45) is 5.92 Å². The predicted octanol–water partition coefficient (Wildman–Crippen LogP) is 1.73. The van der Waals surface area contributed by atoms with E-state index in [0.29, 0.717) is 28.3 Å². The number of fused-ring (bicyclic) bond motifs is 2. The number of benzene rings is 2. The third-order valence-corrected chi connectivity index (χ3v) is 4.61. The van der Waals surface area contributed by atoms with Gasteiger partial charge < -0.3 is 19.9 Å². The average Bonchev–Trinajstić information content (AvgIpc) is 2.86. The van der Waals surface area contributed by atoms with Crippen LogP contribution in [0.4, 0.5) is 5.69 Å². The van der Waals surface area contributed by atoms with E-state index in [2.05, 4.69) is 5.32 Å². The number of Topliss-reactive ketones (excluding diaryl/α,β-unsaturated/α-hetero) is 1. The van der Waals surface area contributed by atoms with Crippen molar-refractivity contribution in [1.29, 1.82) is 0 Å². The number of methoxy groups -OCH3 is 1. The number of carbonyl (C=O) groups is 2. The van der Waals surface area contributed by atoms with Gasteiger partial charge in [0.2, 0.25) is 0 Å². The number of aliphatic hydroxyl groups is 1. The Morgan fingerprint density at radius 3 is 2.83 bits per heavy atom. The van der Waals surface area contributed by atoms with Gasteiger partial charge in [-0.1, -0.05) is 18.2 Å². The maximum atomic E-state index is 12.9. The SMILES string of the molecule is COc1ccc2c(c1)OC[C@H]([C@@]1(O)C(=O)Nc3ccccc31)C2=O. The average molecular weight is 325 g/mol. The lowest BCUT2D eigenvalue weighted by atomic mass is 9.77. The highest BCUT2D eigenvalue weighted by Gasteiger charge is 2.55. The lowest BCUT2D eigenvalue weighted by Crippen LogP contribution is -2.49. The van der Waals surface area contributed by atoms with Crippen molar-refractivity contribution in [2.45, 2.75) is 5.60 Å². The van der Waals surface area contributed by atoms with Gasteiger partial charge in [0.15, 0.2) is 11.4 Å². The van der Waals surface area contributed by atoms with Crippen molar-refractivity contribution in [1.82, 2.24) is 0 Å². The van der Waals surface area contributed by atoms with Crippen molar-refractivity contribution in [3.05, 3.63) is 53.6 Å². The highest BCUT2D eigenvalue weighted by atomic mass is 16.5. The van der Waals surface area contributed by atoms with E-state index in [1.54, 1.807) is 42.5 Å². The predicted molar refractivity (Wildman–Crippen MR) is 85.3 cm³/mol. The maximum Gasteiger partial charge on any atom is 0.262 e. The van der Waals surface area contributed by atoms with Gasteiger partial charge in [0.05, 0.1) is 18.6 Å². The van der Waals surface area contributed by atoms with E-state index in [1.807, 2.05) is 0 Å². The van der Waals surface area contributed by atoms with Crippen LogP contribution >= 0.6 is 0 Å². The van der Waals surface area contributed by atoms with Gasteiger partial charge in [0.25, 0.3) is 5.91 Å². The largest absolute Gasteiger partial charge is 0.497 e. The Bertz CT molecular complexity index is 862. The molecule has 1 amide bonds. The fourth-order valence-corrected chi connectivity index (χ4v) is 3.31. The molecule has 122 valence electrons. The quantitative estimate of drug-likeness (QED) is 0.878. The second-order valence-electron chi connectivity index (χ2n) is 5.86. The molecule has 4 rings (SSSR count). The van der Waals surface area contributed by atoms with E-state index < -0.39 is 17.4 Å². The molecular weight excluding hydrogens is 310 g/mol. The molecule has 6 heteroatoms. The van der Waals surface area contributed by atoms with Gasteiger partial charge >= 0.3 is 0 Å². The van der Waals surface area contributed by atoms with Crippen molar-refractivity contribution >= 4 is 17.4 Å². The normalized spacial score (nSPS) is 24.7. The van der Waals surface area contributed by atoms with Gasteiger partial charge in [-0.25, -0.2) is 0 Å². The number of ether oxygens (including phenoxy) is 2. The molecule has 6 nitrogen and oxygen atoms in total. The molecule has 2 aliphatic rings. The van der Waals surface area contributed by atoms with Crippen LogP contribution in [0, 0.1) is 5.92 Å². The summed E-state index contributed by atoms with van der Waals surface area (Å²) < 4.78 is 10.8. The van der Waals surface area contributed by atoms with Crippen LogP contribution in [0.3, 0.4) is 0 Å². The Morgan fingerprint density at radius 1 is 1.25 bits per heavy atom. The van der Waals surface area contributed by atoms with Gasteiger partial charge in [-0.2, -0.15) is 0 Å². The molecule has 0 unspecified atom stereocenters.